The van der Waals surface area contributed by atoms with E-state index in [4.69, 9.17) is 21.1 Å². The Morgan fingerprint density at radius 3 is 2.74 bits per heavy atom. The second-order valence-electron chi connectivity index (χ2n) is 9.23. The van der Waals surface area contributed by atoms with E-state index in [1.165, 1.54) is 23.9 Å². The molecule has 1 amide bonds. The molecule has 35 heavy (non-hydrogen) atoms. The second kappa shape index (κ2) is 11.4. The Balaban J connectivity index is 1.48. The summed E-state index contributed by atoms with van der Waals surface area (Å²) >= 11 is 7.57. The van der Waals surface area contributed by atoms with Gasteiger partial charge in [0.2, 0.25) is 5.91 Å². The summed E-state index contributed by atoms with van der Waals surface area (Å²) in [5, 5.41) is 36.5. The Hall–Kier alpha value is -1.24. The molecule has 2 fully saturated rings. The molecule has 0 aliphatic carbocycles. The number of rotatable bonds is 6. The number of thioether (sulfide) groups is 1. The number of hydrogen-bond acceptors (Lipinski definition) is 8. The van der Waals surface area contributed by atoms with Crippen molar-refractivity contribution >= 4 is 34.8 Å². The molecule has 10 atom stereocenters. The minimum atomic E-state index is -1.44. The van der Waals surface area contributed by atoms with Crippen LogP contribution in [0.15, 0.2) is 30.3 Å². The Bertz CT molecular complexity index is 937. The summed E-state index contributed by atoms with van der Waals surface area (Å²) in [6, 6.07) is 4.92. The lowest BCUT2D eigenvalue weighted by Crippen LogP contribution is -2.65. The number of alkyl halides is 1. The molecule has 8 nitrogen and oxygen atoms in total. The van der Waals surface area contributed by atoms with E-state index in [1.807, 2.05) is 12.1 Å². The summed E-state index contributed by atoms with van der Waals surface area (Å²) in [6.45, 7) is 2.55. The van der Waals surface area contributed by atoms with Gasteiger partial charge in [-0.05, 0) is 42.9 Å². The molecule has 0 aromatic heterocycles. The molecule has 1 aromatic carbocycles. The highest BCUT2D eigenvalue weighted by Crippen LogP contribution is 2.32. The Morgan fingerprint density at radius 1 is 1.29 bits per heavy atom. The van der Waals surface area contributed by atoms with Crippen LogP contribution in [0.25, 0.3) is 5.57 Å². The smallest absolute Gasteiger partial charge is 0.240 e. The molecule has 2 saturated heterocycles. The van der Waals surface area contributed by atoms with Gasteiger partial charge in [-0.2, -0.15) is 0 Å². The van der Waals surface area contributed by atoms with Gasteiger partial charge in [0.05, 0.1) is 24.1 Å². The van der Waals surface area contributed by atoms with Crippen LogP contribution >= 0.6 is 23.4 Å². The van der Waals surface area contributed by atoms with Crippen LogP contribution < -0.4 is 10.6 Å². The summed E-state index contributed by atoms with van der Waals surface area (Å²) < 4.78 is 25.6. The zero-order valence-electron chi connectivity index (χ0n) is 19.5. The number of aliphatic hydroxyl groups excluding tert-OH is 3. The standard InChI is InChI=1S/C24H32ClFN2O6S/c1-11(25)16(22-19(30)18(29)20(31)24(34-22)35-2)28-23(32)17-21-14(10-27-17)8-13(6-7-33-21)12-4-3-5-15(26)9-12/h3-5,8-9,11,14,16-22,24,27,29-31H,6-7,10H2,1-2H3,(H,28,32)/t11-,14-,16+,17-,18?,19?,20?,21+,22?,24?/m0/s1. The average Bonchev–Trinajstić information content (AvgIpc) is 3.11. The average molecular weight is 531 g/mol. The minimum absolute atomic E-state index is 0.0900. The molecule has 0 bridgehead atoms. The first-order chi connectivity index (χ1) is 16.7. The topological polar surface area (TPSA) is 120 Å². The molecular formula is C24H32ClFN2O6S. The highest BCUT2D eigenvalue weighted by Gasteiger charge is 2.49. The summed E-state index contributed by atoms with van der Waals surface area (Å²) in [4.78, 5) is 13.3. The summed E-state index contributed by atoms with van der Waals surface area (Å²) in [5.74, 6) is -0.760. The lowest BCUT2D eigenvalue weighted by atomic mass is 9.92. The van der Waals surface area contributed by atoms with E-state index in [2.05, 4.69) is 10.6 Å². The van der Waals surface area contributed by atoms with Crippen LogP contribution in [0.2, 0.25) is 0 Å². The summed E-state index contributed by atoms with van der Waals surface area (Å²) in [6.07, 6.45) is -1.24. The second-order valence-corrected chi connectivity index (χ2v) is 10.9. The van der Waals surface area contributed by atoms with Crippen molar-refractivity contribution in [1.82, 2.24) is 10.6 Å². The van der Waals surface area contributed by atoms with Crippen LogP contribution in [0, 0.1) is 11.7 Å². The Kier molecular flexibility index (Phi) is 8.76. The molecule has 3 heterocycles. The number of ether oxygens (including phenoxy) is 2. The molecule has 4 rings (SSSR count). The van der Waals surface area contributed by atoms with Crippen molar-refractivity contribution in [3.05, 3.63) is 41.7 Å². The van der Waals surface area contributed by atoms with Crippen molar-refractivity contribution in [2.75, 3.05) is 19.4 Å². The van der Waals surface area contributed by atoms with E-state index < -0.39 is 53.4 Å². The van der Waals surface area contributed by atoms with Crippen LogP contribution in [-0.2, 0) is 14.3 Å². The molecule has 3 aliphatic rings. The number of carbonyl (C=O) groups excluding carboxylic acids is 1. The van der Waals surface area contributed by atoms with Gasteiger partial charge in [-0.15, -0.1) is 23.4 Å². The summed E-state index contributed by atoms with van der Waals surface area (Å²) in [5.41, 5.74) is 0.992. The monoisotopic (exact) mass is 530 g/mol. The first-order valence-electron chi connectivity index (χ1n) is 11.7. The number of fused-ring (bicyclic) bond motifs is 1. The van der Waals surface area contributed by atoms with Crippen molar-refractivity contribution in [2.45, 2.75) is 66.8 Å². The lowest BCUT2D eigenvalue weighted by molar-refractivity contribution is -0.205. The van der Waals surface area contributed by atoms with Gasteiger partial charge in [-0.25, -0.2) is 4.39 Å². The first kappa shape index (κ1) is 26.8. The van der Waals surface area contributed by atoms with Gasteiger partial charge in [0.25, 0.3) is 0 Å². The molecular weight excluding hydrogens is 499 g/mol. The molecule has 5 N–H and O–H groups in total. The van der Waals surface area contributed by atoms with Crippen molar-refractivity contribution in [1.29, 1.82) is 0 Å². The molecule has 1 aromatic rings. The fourth-order valence-electron chi connectivity index (χ4n) is 5.01. The zero-order chi connectivity index (χ0) is 25.3. The highest BCUT2D eigenvalue weighted by molar-refractivity contribution is 7.99. The predicted molar refractivity (Wildman–Crippen MR) is 131 cm³/mol. The number of benzene rings is 1. The van der Waals surface area contributed by atoms with E-state index >= 15 is 0 Å². The van der Waals surface area contributed by atoms with Gasteiger partial charge in [-0.1, -0.05) is 18.2 Å². The third-order valence-corrected chi connectivity index (χ3v) is 8.02. The zero-order valence-corrected chi connectivity index (χ0v) is 21.1. The lowest BCUT2D eigenvalue weighted by Gasteiger charge is -2.44. The molecule has 11 heteroatoms. The van der Waals surface area contributed by atoms with Crippen molar-refractivity contribution in [3.63, 3.8) is 0 Å². The van der Waals surface area contributed by atoms with Gasteiger partial charge in [0.15, 0.2) is 0 Å². The van der Waals surface area contributed by atoms with E-state index in [0.29, 0.717) is 19.6 Å². The molecule has 0 spiro atoms. The molecule has 0 radical (unpaired) electrons. The molecule has 194 valence electrons. The van der Waals surface area contributed by atoms with Crippen LogP contribution in [-0.4, -0.2) is 94.1 Å². The number of amides is 1. The van der Waals surface area contributed by atoms with Crippen LogP contribution in [0.3, 0.4) is 0 Å². The highest BCUT2D eigenvalue weighted by atomic mass is 35.5. The van der Waals surface area contributed by atoms with Gasteiger partial charge < -0.3 is 35.4 Å². The maximum atomic E-state index is 13.7. The fourth-order valence-corrected chi connectivity index (χ4v) is 5.90. The van der Waals surface area contributed by atoms with Crippen molar-refractivity contribution in [3.8, 4) is 0 Å². The Labute approximate surface area is 213 Å². The quantitative estimate of drug-likeness (QED) is 0.344. The third-order valence-electron chi connectivity index (χ3n) is 6.90. The van der Waals surface area contributed by atoms with Gasteiger partial charge in [-0.3, -0.25) is 4.79 Å². The van der Waals surface area contributed by atoms with Crippen LogP contribution in [0.5, 0.6) is 0 Å². The molecule has 0 saturated carbocycles. The van der Waals surface area contributed by atoms with Crippen molar-refractivity contribution < 1.29 is 34.0 Å². The van der Waals surface area contributed by atoms with E-state index in [-0.39, 0.29) is 17.6 Å². The minimum Gasteiger partial charge on any atom is -0.388 e. The van der Waals surface area contributed by atoms with E-state index in [1.54, 1.807) is 19.2 Å². The maximum Gasteiger partial charge on any atom is 0.240 e. The predicted octanol–water partition coefficient (Wildman–Crippen LogP) is 0.869. The normalized spacial score (nSPS) is 37.1. The maximum absolute atomic E-state index is 13.7. The number of hydrogen-bond donors (Lipinski definition) is 5. The molecule has 5 unspecified atom stereocenters. The summed E-state index contributed by atoms with van der Waals surface area (Å²) in [7, 11) is 0. The van der Waals surface area contributed by atoms with E-state index in [9.17, 15) is 24.5 Å². The first-order valence-corrected chi connectivity index (χ1v) is 13.4. The number of nitrogens with one attached hydrogen (secondary N) is 2. The van der Waals surface area contributed by atoms with Gasteiger partial charge >= 0.3 is 0 Å². The SMILES string of the molecule is CSC1OC([C@H](NC(=O)[C@H]2NC[C@@H]3C=C(c4cccc(F)c4)CCO[C@@H]23)[C@H](C)Cl)C(O)C(O)C1O. The third kappa shape index (κ3) is 5.70. The van der Waals surface area contributed by atoms with Crippen LogP contribution in [0.4, 0.5) is 4.39 Å². The molecule has 3 aliphatic heterocycles. The largest absolute Gasteiger partial charge is 0.388 e. The fraction of sp³-hybridized carbons (Fsp3) is 0.625. The van der Waals surface area contributed by atoms with Crippen molar-refractivity contribution in [2.24, 2.45) is 5.92 Å². The van der Waals surface area contributed by atoms with Crippen LogP contribution in [0.1, 0.15) is 18.9 Å². The number of carbonyl (C=O) groups is 1. The van der Waals surface area contributed by atoms with Gasteiger partial charge in [0.1, 0.15) is 41.7 Å². The number of aliphatic hydroxyl groups is 3. The van der Waals surface area contributed by atoms with E-state index in [0.717, 1.165) is 11.1 Å². The Morgan fingerprint density at radius 2 is 2.06 bits per heavy atom. The number of halogens is 2. The van der Waals surface area contributed by atoms with Gasteiger partial charge in [0, 0.05) is 12.5 Å².